The van der Waals surface area contributed by atoms with Crippen molar-refractivity contribution in [3.8, 4) is 0 Å². The zero-order valence-electron chi connectivity index (χ0n) is 16.5. The van der Waals surface area contributed by atoms with Crippen molar-refractivity contribution in [3.05, 3.63) is 29.6 Å². The quantitative estimate of drug-likeness (QED) is 0.799. The molecule has 1 aliphatic rings. The molecule has 0 aromatic heterocycles. The summed E-state index contributed by atoms with van der Waals surface area (Å²) in [5.74, 6) is -0.692. The molecule has 1 aromatic rings. The molecule has 6 nitrogen and oxygen atoms in total. The van der Waals surface area contributed by atoms with Crippen LogP contribution in [0.4, 0.5) is 10.1 Å². The molecule has 1 aromatic carbocycles. The second-order valence-electron chi connectivity index (χ2n) is 7.85. The average molecular weight is 377 g/mol. The van der Waals surface area contributed by atoms with Gasteiger partial charge in [-0.2, -0.15) is 0 Å². The SMILES string of the molecule is CC(=O)c1ccc(N2CCN(C(=O)CCNC(=O)C(C)(C)C)CC2)c(F)c1. The van der Waals surface area contributed by atoms with Gasteiger partial charge in [-0.3, -0.25) is 14.4 Å². The van der Waals surface area contributed by atoms with Crippen LogP contribution in [-0.2, 0) is 9.59 Å². The number of hydrogen-bond donors (Lipinski definition) is 1. The van der Waals surface area contributed by atoms with E-state index in [0.29, 0.717) is 44.0 Å². The molecule has 2 amide bonds. The number of piperazine rings is 1. The fourth-order valence-electron chi connectivity index (χ4n) is 2.89. The number of amides is 2. The number of nitrogens with zero attached hydrogens (tertiary/aromatic N) is 2. The Bertz CT molecular complexity index is 720. The first-order valence-electron chi connectivity index (χ1n) is 9.21. The van der Waals surface area contributed by atoms with Crippen LogP contribution in [0.25, 0.3) is 0 Å². The lowest BCUT2D eigenvalue weighted by atomic mass is 9.96. The normalized spacial score (nSPS) is 14.9. The predicted molar refractivity (Wildman–Crippen MR) is 102 cm³/mol. The van der Waals surface area contributed by atoms with Crippen LogP contribution in [0.2, 0.25) is 0 Å². The van der Waals surface area contributed by atoms with Gasteiger partial charge in [0, 0.05) is 50.1 Å². The number of anilines is 1. The monoisotopic (exact) mass is 377 g/mol. The van der Waals surface area contributed by atoms with Crippen molar-refractivity contribution in [1.82, 2.24) is 10.2 Å². The van der Waals surface area contributed by atoms with E-state index in [0.717, 1.165) is 0 Å². The Morgan fingerprint density at radius 2 is 1.74 bits per heavy atom. The highest BCUT2D eigenvalue weighted by Gasteiger charge is 2.24. The highest BCUT2D eigenvalue weighted by Crippen LogP contribution is 2.22. The van der Waals surface area contributed by atoms with Gasteiger partial charge in [0.1, 0.15) is 5.82 Å². The van der Waals surface area contributed by atoms with E-state index in [-0.39, 0.29) is 24.0 Å². The van der Waals surface area contributed by atoms with Crippen LogP contribution >= 0.6 is 0 Å². The first-order chi connectivity index (χ1) is 12.6. The third kappa shape index (κ3) is 5.52. The number of rotatable bonds is 5. The molecule has 0 atom stereocenters. The molecule has 2 rings (SSSR count). The first kappa shape index (κ1) is 20.9. The minimum atomic E-state index is -0.476. The van der Waals surface area contributed by atoms with Gasteiger partial charge in [-0.1, -0.05) is 20.8 Å². The Kier molecular flexibility index (Phi) is 6.57. The molecular formula is C20H28FN3O3. The molecule has 148 valence electrons. The van der Waals surface area contributed by atoms with Gasteiger partial charge in [-0.05, 0) is 25.1 Å². The minimum absolute atomic E-state index is 0.0174. The van der Waals surface area contributed by atoms with Crippen LogP contribution in [0.5, 0.6) is 0 Å². The maximum atomic E-state index is 14.3. The summed E-state index contributed by atoms with van der Waals surface area (Å²) in [5, 5.41) is 2.78. The molecule has 0 aliphatic carbocycles. The van der Waals surface area contributed by atoms with Gasteiger partial charge in [0.25, 0.3) is 0 Å². The van der Waals surface area contributed by atoms with E-state index in [1.54, 1.807) is 17.0 Å². The van der Waals surface area contributed by atoms with Crippen LogP contribution in [0.3, 0.4) is 0 Å². The number of carbonyl (C=O) groups excluding carboxylic acids is 3. The minimum Gasteiger partial charge on any atom is -0.366 e. The molecule has 1 fully saturated rings. The van der Waals surface area contributed by atoms with E-state index in [1.165, 1.54) is 13.0 Å². The zero-order valence-corrected chi connectivity index (χ0v) is 16.5. The van der Waals surface area contributed by atoms with Crippen molar-refractivity contribution in [2.24, 2.45) is 5.41 Å². The lowest BCUT2D eigenvalue weighted by molar-refractivity contribution is -0.132. The molecular weight excluding hydrogens is 349 g/mol. The Morgan fingerprint density at radius 3 is 2.26 bits per heavy atom. The number of hydrogen-bond acceptors (Lipinski definition) is 4. The van der Waals surface area contributed by atoms with Crippen molar-refractivity contribution in [3.63, 3.8) is 0 Å². The molecule has 1 heterocycles. The fourth-order valence-corrected chi connectivity index (χ4v) is 2.89. The highest BCUT2D eigenvalue weighted by molar-refractivity contribution is 5.94. The van der Waals surface area contributed by atoms with Gasteiger partial charge in [0.15, 0.2) is 5.78 Å². The van der Waals surface area contributed by atoms with Crippen LogP contribution < -0.4 is 10.2 Å². The number of benzene rings is 1. The summed E-state index contributed by atoms with van der Waals surface area (Å²) in [7, 11) is 0. The molecule has 0 spiro atoms. The number of carbonyl (C=O) groups is 3. The second kappa shape index (κ2) is 8.50. The van der Waals surface area contributed by atoms with Gasteiger partial charge < -0.3 is 15.1 Å². The van der Waals surface area contributed by atoms with Crippen molar-refractivity contribution in [1.29, 1.82) is 0 Å². The third-order valence-electron chi connectivity index (χ3n) is 4.63. The molecule has 1 saturated heterocycles. The van der Waals surface area contributed by atoms with E-state index in [1.807, 2.05) is 25.7 Å². The number of ketones is 1. The lowest BCUT2D eigenvalue weighted by Crippen LogP contribution is -2.49. The number of Topliss-reactive ketones (excluding diaryl/α,β-unsaturated/α-hetero) is 1. The predicted octanol–water partition coefficient (Wildman–Crippen LogP) is 2.23. The Balaban J connectivity index is 1.83. The average Bonchev–Trinajstić information content (AvgIpc) is 2.60. The van der Waals surface area contributed by atoms with Gasteiger partial charge in [0.05, 0.1) is 5.69 Å². The van der Waals surface area contributed by atoms with Crippen LogP contribution in [0.1, 0.15) is 44.5 Å². The molecule has 0 bridgehead atoms. The summed E-state index contributed by atoms with van der Waals surface area (Å²) in [6.07, 6.45) is 0.253. The molecule has 0 radical (unpaired) electrons. The molecule has 27 heavy (non-hydrogen) atoms. The zero-order chi connectivity index (χ0) is 20.2. The molecule has 1 aliphatic heterocycles. The summed E-state index contributed by atoms with van der Waals surface area (Å²) >= 11 is 0. The van der Waals surface area contributed by atoms with E-state index < -0.39 is 11.2 Å². The summed E-state index contributed by atoms with van der Waals surface area (Å²) in [6, 6.07) is 4.49. The maximum absolute atomic E-state index is 14.3. The lowest BCUT2D eigenvalue weighted by Gasteiger charge is -2.36. The van der Waals surface area contributed by atoms with Gasteiger partial charge >= 0.3 is 0 Å². The second-order valence-corrected chi connectivity index (χ2v) is 7.85. The van der Waals surface area contributed by atoms with Gasteiger partial charge in [-0.15, -0.1) is 0 Å². The first-order valence-corrected chi connectivity index (χ1v) is 9.21. The molecule has 0 unspecified atom stereocenters. The Labute approximate surface area is 159 Å². The highest BCUT2D eigenvalue weighted by atomic mass is 19.1. The van der Waals surface area contributed by atoms with E-state index in [2.05, 4.69) is 5.32 Å². The summed E-state index contributed by atoms with van der Waals surface area (Å²) in [6.45, 7) is 9.24. The summed E-state index contributed by atoms with van der Waals surface area (Å²) < 4.78 is 14.3. The van der Waals surface area contributed by atoms with E-state index in [4.69, 9.17) is 0 Å². The Hall–Kier alpha value is -2.44. The van der Waals surface area contributed by atoms with Crippen molar-refractivity contribution >= 4 is 23.3 Å². The fraction of sp³-hybridized carbons (Fsp3) is 0.550. The smallest absolute Gasteiger partial charge is 0.225 e. The summed E-state index contributed by atoms with van der Waals surface area (Å²) in [5.41, 5.74) is 0.323. The van der Waals surface area contributed by atoms with E-state index >= 15 is 0 Å². The van der Waals surface area contributed by atoms with Crippen molar-refractivity contribution in [2.75, 3.05) is 37.6 Å². The number of nitrogens with one attached hydrogen (secondary N) is 1. The van der Waals surface area contributed by atoms with Gasteiger partial charge in [0.2, 0.25) is 11.8 Å². The largest absolute Gasteiger partial charge is 0.366 e. The van der Waals surface area contributed by atoms with Crippen molar-refractivity contribution < 1.29 is 18.8 Å². The van der Waals surface area contributed by atoms with Crippen LogP contribution in [-0.4, -0.2) is 55.2 Å². The molecule has 1 N–H and O–H groups in total. The van der Waals surface area contributed by atoms with Crippen molar-refractivity contribution in [2.45, 2.75) is 34.1 Å². The van der Waals surface area contributed by atoms with Crippen LogP contribution in [0, 0.1) is 11.2 Å². The van der Waals surface area contributed by atoms with Gasteiger partial charge in [-0.25, -0.2) is 4.39 Å². The maximum Gasteiger partial charge on any atom is 0.225 e. The standard InChI is InChI=1S/C20H28FN3O3/c1-14(25)15-5-6-17(16(21)13-15)23-9-11-24(12-10-23)18(26)7-8-22-19(27)20(2,3)4/h5-6,13H,7-12H2,1-4H3,(H,22,27). The topological polar surface area (TPSA) is 69.7 Å². The third-order valence-corrected chi connectivity index (χ3v) is 4.63. The van der Waals surface area contributed by atoms with Crippen LogP contribution in [0.15, 0.2) is 18.2 Å². The number of halogens is 1. The van der Waals surface area contributed by atoms with E-state index in [9.17, 15) is 18.8 Å². The molecule has 7 heteroatoms. The molecule has 0 saturated carbocycles. The summed E-state index contributed by atoms with van der Waals surface area (Å²) in [4.78, 5) is 39.1. The Morgan fingerprint density at radius 1 is 1.11 bits per heavy atom.